The van der Waals surface area contributed by atoms with Gasteiger partial charge in [0.2, 0.25) is 5.76 Å². The normalized spacial score (nSPS) is 23.6. The second-order valence-electron chi connectivity index (χ2n) is 7.54. The molecule has 4 rings (SSSR count). The summed E-state index contributed by atoms with van der Waals surface area (Å²) in [6, 6.07) is 12.6. The van der Waals surface area contributed by atoms with Crippen molar-refractivity contribution in [3.8, 4) is 10.6 Å². The molecule has 1 fully saturated rings. The minimum Gasteiger partial charge on any atom is -0.480 e. The van der Waals surface area contributed by atoms with E-state index in [1.807, 2.05) is 0 Å². The van der Waals surface area contributed by atoms with E-state index in [1.165, 1.54) is 12.1 Å². The number of aliphatic carboxylic acids is 1. The molecule has 1 aromatic carbocycles. The van der Waals surface area contributed by atoms with E-state index in [2.05, 4.69) is 14.4 Å². The predicted octanol–water partition coefficient (Wildman–Crippen LogP) is 4.05. The maximum absolute atomic E-state index is 13.4. The Morgan fingerprint density at radius 3 is 2.52 bits per heavy atom. The molecule has 3 atom stereocenters. The average molecular weight is 469 g/mol. The lowest BCUT2D eigenvalue weighted by Gasteiger charge is -2.15. The average Bonchev–Trinajstić information content (AvgIpc) is 3.13. The van der Waals surface area contributed by atoms with Gasteiger partial charge in [-0.05, 0) is 23.6 Å². The van der Waals surface area contributed by atoms with E-state index in [0.717, 1.165) is 23.0 Å². The zero-order chi connectivity index (χ0) is 22.6. The van der Waals surface area contributed by atoms with Gasteiger partial charge in [-0.3, -0.25) is 4.79 Å². The van der Waals surface area contributed by atoms with Crippen LogP contribution < -0.4 is 4.72 Å². The van der Waals surface area contributed by atoms with Gasteiger partial charge in [-0.1, -0.05) is 42.4 Å². The third-order valence-electron chi connectivity index (χ3n) is 5.46. The summed E-state index contributed by atoms with van der Waals surface area (Å²) in [5, 5.41) is 13.4. The van der Waals surface area contributed by atoms with Gasteiger partial charge in [-0.25, -0.2) is 8.42 Å². The molecule has 0 amide bonds. The van der Waals surface area contributed by atoms with Crippen LogP contribution >= 0.6 is 11.3 Å². The Morgan fingerprint density at radius 1 is 1.26 bits per heavy atom. The van der Waals surface area contributed by atoms with Gasteiger partial charge in [-0.15, -0.1) is 11.3 Å². The first-order valence-electron chi connectivity index (χ1n) is 9.24. The molecule has 1 unspecified atom stereocenters. The monoisotopic (exact) mass is 468 g/mol. The van der Waals surface area contributed by atoms with E-state index >= 15 is 0 Å². The minimum atomic E-state index is -4.20. The standard InChI is InChI=1S/C20H18F2N2O5S2/c1-11-17(12-6-4-3-5-7-12)20(11,18(25)26)24-31(27,28)16-9-8-14(30-16)13-10-15(29-23-13)19(2,21)22/h3-11,17,24H,1-2H3,(H,25,26)/t11-,17?,20-/m0/s1. The van der Waals surface area contributed by atoms with E-state index in [0.29, 0.717) is 11.8 Å². The summed E-state index contributed by atoms with van der Waals surface area (Å²) in [5.41, 5.74) is -0.879. The zero-order valence-corrected chi connectivity index (χ0v) is 18.0. The summed E-state index contributed by atoms with van der Waals surface area (Å²) in [6.45, 7) is 2.34. The fraction of sp³-hybridized carbons (Fsp3) is 0.300. The molecule has 0 saturated heterocycles. The molecule has 1 saturated carbocycles. The van der Waals surface area contributed by atoms with Crippen LogP contribution in [0.1, 0.15) is 31.1 Å². The van der Waals surface area contributed by atoms with Gasteiger partial charge in [0.15, 0.2) is 0 Å². The topological polar surface area (TPSA) is 110 Å². The van der Waals surface area contributed by atoms with Crippen LogP contribution in [0.2, 0.25) is 0 Å². The number of hydrogen-bond acceptors (Lipinski definition) is 6. The van der Waals surface area contributed by atoms with Crippen LogP contribution in [0.4, 0.5) is 8.78 Å². The van der Waals surface area contributed by atoms with Crippen molar-refractivity contribution in [3.63, 3.8) is 0 Å². The van der Waals surface area contributed by atoms with Crippen LogP contribution in [-0.4, -0.2) is 30.2 Å². The maximum atomic E-state index is 13.4. The highest BCUT2D eigenvalue weighted by molar-refractivity contribution is 7.91. The lowest BCUT2D eigenvalue weighted by molar-refractivity contribution is -0.140. The summed E-state index contributed by atoms with van der Waals surface area (Å²) < 4.78 is 59.6. The molecule has 2 aromatic heterocycles. The molecular formula is C20H18F2N2O5S2. The van der Waals surface area contributed by atoms with Crippen LogP contribution in [0.15, 0.2) is 57.3 Å². The molecule has 2 N–H and O–H groups in total. The van der Waals surface area contributed by atoms with E-state index in [4.69, 9.17) is 0 Å². The number of aromatic nitrogens is 1. The van der Waals surface area contributed by atoms with Crippen LogP contribution in [0.5, 0.6) is 0 Å². The van der Waals surface area contributed by atoms with E-state index < -0.39 is 45.1 Å². The van der Waals surface area contributed by atoms with E-state index in [9.17, 15) is 27.1 Å². The molecule has 0 radical (unpaired) electrons. The van der Waals surface area contributed by atoms with Gasteiger partial charge in [-0.2, -0.15) is 13.5 Å². The number of alkyl halides is 2. The zero-order valence-electron chi connectivity index (χ0n) is 16.4. The first-order valence-corrected chi connectivity index (χ1v) is 11.5. The van der Waals surface area contributed by atoms with Crippen molar-refractivity contribution in [1.29, 1.82) is 0 Å². The number of nitrogens with one attached hydrogen (secondary N) is 1. The van der Waals surface area contributed by atoms with Gasteiger partial charge in [0.1, 0.15) is 15.4 Å². The number of nitrogens with zero attached hydrogens (tertiary/aromatic N) is 1. The highest BCUT2D eigenvalue weighted by Gasteiger charge is 2.70. The van der Waals surface area contributed by atoms with Gasteiger partial charge in [0, 0.05) is 18.9 Å². The highest BCUT2D eigenvalue weighted by Crippen LogP contribution is 2.58. The first kappa shape index (κ1) is 21.6. The molecule has 11 heteroatoms. The Balaban J connectivity index is 1.62. The minimum absolute atomic E-state index is 0.0675. The number of rotatable bonds is 7. The van der Waals surface area contributed by atoms with Gasteiger partial charge < -0.3 is 9.63 Å². The molecule has 1 aliphatic carbocycles. The summed E-state index contributed by atoms with van der Waals surface area (Å²) in [5.74, 6) is -6.11. The Kier molecular flexibility index (Phi) is 5.02. The Hall–Kier alpha value is -2.63. The van der Waals surface area contributed by atoms with Crippen molar-refractivity contribution in [2.75, 3.05) is 0 Å². The quantitative estimate of drug-likeness (QED) is 0.541. The number of carboxylic acids is 1. The van der Waals surface area contributed by atoms with Gasteiger partial charge in [0.05, 0.1) is 4.88 Å². The van der Waals surface area contributed by atoms with E-state index in [-0.39, 0.29) is 9.90 Å². The number of benzene rings is 1. The van der Waals surface area contributed by atoms with Gasteiger partial charge in [0.25, 0.3) is 10.0 Å². The second kappa shape index (κ2) is 7.21. The smallest absolute Gasteiger partial charge is 0.325 e. The molecule has 7 nitrogen and oxygen atoms in total. The lowest BCUT2D eigenvalue weighted by Crippen LogP contribution is -2.45. The number of hydrogen-bond donors (Lipinski definition) is 2. The summed E-state index contributed by atoms with van der Waals surface area (Å²) >= 11 is 0.785. The third kappa shape index (κ3) is 3.66. The summed E-state index contributed by atoms with van der Waals surface area (Å²) in [6.07, 6.45) is 0. The lowest BCUT2D eigenvalue weighted by atomic mass is 10.1. The second-order valence-corrected chi connectivity index (χ2v) is 10.5. The number of thiophene rings is 1. The van der Waals surface area contributed by atoms with Crippen LogP contribution in [0.25, 0.3) is 10.6 Å². The highest BCUT2D eigenvalue weighted by atomic mass is 32.2. The fourth-order valence-electron chi connectivity index (χ4n) is 3.77. The van der Waals surface area contributed by atoms with Gasteiger partial charge >= 0.3 is 11.9 Å². The van der Waals surface area contributed by atoms with Crippen molar-refractivity contribution in [2.24, 2.45) is 5.92 Å². The predicted molar refractivity (Wildman–Crippen MR) is 108 cm³/mol. The summed E-state index contributed by atoms with van der Waals surface area (Å²) in [4.78, 5) is 12.4. The molecule has 0 aliphatic heterocycles. The SMILES string of the molecule is C[C@H]1C(c2ccccc2)[C@]1(NS(=O)(=O)c1ccc(-c2cc(C(C)(F)F)on2)s1)C(=O)O. The first-order chi connectivity index (χ1) is 14.5. The van der Waals surface area contributed by atoms with Crippen molar-refractivity contribution in [2.45, 2.75) is 35.4 Å². The molecule has 0 bridgehead atoms. The van der Waals surface area contributed by atoms with Crippen molar-refractivity contribution in [3.05, 3.63) is 59.9 Å². The molecule has 1 aliphatic rings. The number of carbonyl (C=O) groups is 1. The van der Waals surface area contributed by atoms with Crippen LogP contribution in [-0.2, 0) is 20.7 Å². The van der Waals surface area contributed by atoms with Crippen LogP contribution in [0.3, 0.4) is 0 Å². The Morgan fingerprint density at radius 2 is 1.94 bits per heavy atom. The fourth-order valence-corrected chi connectivity index (χ4v) is 6.49. The van der Waals surface area contributed by atoms with E-state index in [1.54, 1.807) is 37.3 Å². The number of carboxylic acid groups (broad SMARTS) is 1. The molecular weight excluding hydrogens is 450 g/mol. The Bertz CT molecular complexity index is 1230. The van der Waals surface area contributed by atoms with Crippen molar-refractivity contribution in [1.82, 2.24) is 9.88 Å². The molecule has 31 heavy (non-hydrogen) atoms. The molecule has 2 heterocycles. The Labute approximate surface area is 180 Å². The van der Waals surface area contributed by atoms with Crippen molar-refractivity contribution >= 4 is 27.3 Å². The van der Waals surface area contributed by atoms with Crippen LogP contribution in [0, 0.1) is 5.92 Å². The molecule has 3 aromatic rings. The summed E-state index contributed by atoms with van der Waals surface area (Å²) in [7, 11) is -4.20. The number of halogens is 2. The van der Waals surface area contributed by atoms with Crippen molar-refractivity contribution < 1.29 is 31.6 Å². The molecule has 0 spiro atoms. The third-order valence-corrected chi connectivity index (χ3v) is 8.54. The number of sulfonamides is 1. The molecule has 164 valence electrons. The maximum Gasteiger partial charge on any atom is 0.325 e. The largest absolute Gasteiger partial charge is 0.480 e.